The summed E-state index contributed by atoms with van der Waals surface area (Å²) in [5, 5.41) is 15.3. The number of unbranched alkanes of at least 4 members (excludes halogenated alkanes) is 2. The Morgan fingerprint density at radius 2 is 1.61 bits per heavy atom. The van der Waals surface area contributed by atoms with Crippen LogP contribution in [0.25, 0.3) is 0 Å². The molecule has 5 atom stereocenters. The normalized spacial score (nSPS) is 28.0. The molecule has 2 aromatic carbocycles. The number of anilines is 3. The lowest BCUT2D eigenvalue weighted by Crippen LogP contribution is -2.53. The van der Waals surface area contributed by atoms with Gasteiger partial charge in [0.25, 0.3) is 0 Å². The first kappa shape index (κ1) is 29.1. The largest absolute Gasteiger partial charge is 0.396 e. The first-order chi connectivity index (χ1) is 19.8. The van der Waals surface area contributed by atoms with E-state index >= 15 is 0 Å². The van der Waals surface area contributed by atoms with Crippen molar-refractivity contribution in [3.8, 4) is 0 Å². The van der Waals surface area contributed by atoms with E-state index in [4.69, 9.17) is 4.74 Å². The number of rotatable bonds is 12. The molecule has 3 fully saturated rings. The van der Waals surface area contributed by atoms with Crippen LogP contribution in [0.5, 0.6) is 0 Å². The summed E-state index contributed by atoms with van der Waals surface area (Å²) in [6, 6.07) is 16.1. The highest BCUT2D eigenvalue weighted by Gasteiger charge is 2.77. The van der Waals surface area contributed by atoms with Crippen molar-refractivity contribution in [3.63, 3.8) is 0 Å². The molecule has 5 rings (SSSR count). The molecule has 1 spiro atoms. The average Bonchev–Trinajstić information content (AvgIpc) is 3.53. The Morgan fingerprint density at radius 1 is 0.951 bits per heavy atom. The minimum absolute atomic E-state index is 0.0805. The van der Waals surface area contributed by atoms with Gasteiger partial charge in [0, 0.05) is 43.3 Å². The van der Waals surface area contributed by atoms with Crippen molar-refractivity contribution < 1.29 is 24.2 Å². The van der Waals surface area contributed by atoms with E-state index in [1.807, 2.05) is 61.5 Å². The van der Waals surface area contributed by atoms with Gasteiger partial charge in [0.15, 0.2) is 0 Å². The first-order valence-corrected chi connectivity index (χ1v) is 14.9. The quantitative estimate of drug-likeness (QED) is 0.337. The number of carbonyl (C=O) groups is 3. The van der Waals surface area contributed by atoms with E-state index in [9.17, 15) is 19.5 Å². The zero-order valence-corrected chi connectivity index (χ0v) is 24.3. The van der Waals surface area contributed by atoms with Gasteiger partial charge in [-0.3, -0.25) is 14.4 Å². The van der Waals surface area contributed by atoms with Gasteiger partial charge in [0.05, 0.1) is 17.4 Å². The molecule has 220 valence electrons. The van der Waals surface area contributed by atoms with Gasteiger partial charge in [-0.05, 0) is 89.3 Å². The van der Waals surface area contributed by atoms with Crippen molar-refractivity contribution in [3.05, 3.63) is 54.6 Å². The average molecular weight is 563 g/mol. The summed E-state index contributed by atoms with van der Waals surface area (Å²) in [5.41, 5.74) is 0.465. The van der Waals surface area contributed by atoms with Gasteiger partial charge >= 0.3 is 0 Å². The third-order valence-corrected chi connectivity index (χ3v) is 9.17. The van der Waals surface area contributed by atoms with Gasteiger partial charge in [0.1, 0.15) is 11.6 Å². The number of ether oxygens (including phenoxy) is 1. The number of para-hydroxylation sites is 1. The molecule has 0 saturated carbocycles. The number of benzene rings is 2. The van der Waals surface area contributed by atoms with Gasteiger partial charge in [-0.15, -0.1) is 0 Å². The summed E-state index contributed by atoms with van der Waals surface area (Å²) in [4.78, 5) is 45.8. The minimum Gasteiger partial charge on any atom is -0.396 e. The summed E-state index contributed by atoms with van der Waals surface area (Å²) < 4.78 is 6.69. The fourth-order valence-corrected chi connectivity index (χ4v) is 7.23. The van der Waals surface area contributed by atoms with Crippen molar-refractivity contribution in [2.24, 2.45) is 11.8 Å². The zero-order valence-electron chi connectivity index (χ0n) is 24.3. The molecular formula is C32H42N4O5. The van der Waals surface area contributed by atoms with Crippen LogP contribution >= 0.6 is 0 Å². The van der Waals surface area contributed by atoms with Crippen LogP contribution in [0.15, 0.2) is 54.6 Å². The predicted molar refractivity (Wildman–Crippen MR) is 159 cm³/mol. The van der Waals surface area contributed by atoms with Gasteiger partial charge in [0.2, 0.25) is 17.7 Å². The smallest absolute Gasteiger partial charge is 0.250 e. The number of fused-ring (bicyclic) bond motifs is 1. The molecule has 3 N–H and O–H groups in total. The zero-order chi connectivity index (χ0) is 29.2. The maximum absolute atomic E-state index is 14.1. The molecule has 3 heterocycles. The molecule has 2 unspecified atom stereocenters. The van der Waals surface area contributed by atoms with E-state index in [0.29, 0.717) is 43.6 Å². The fourth-order valence-electron chi connectivity index (χ4n) is 7.23. The Kier molecular flexibility index (Phi) is 8.38. The highest BCUT2D eigenvalue weighted by molar-refractivity contribution is 6.05. The molecule has 9 heteroatoms. The van der Waals surface area contributed by atoms with E-state index in [2.05, 4.69) is 29.4 Å². The van der Waals surface area contributed by atoms with E-state index in [1.54, 1.807) is 4.90 Å². The summed E-state index contributed by atoms with van der Waals surface area (Å²) in [5.74, 6) is -2.22. The lowest BCUT2D eigenvalue weighted by molar-refractivity contribution is -0.143. The molecule has 41 heavy (non-hydrogen) atoms. The maximum atomic E-state index is 14.1. The highest BCUT2D eigenvalue weighted by atomic mass is 16.5. The van der Waals surface area contributed by atoms with Crippen LogP contribution < -0.4 is 15.5 Å². The van der Waals surface area contributed by atoms with Gasteiger partial charge in [-0.1, -0.05) is 18.2 Å². The van der Waals surface area contributed by atoms with Crippen LogP contribution in [0.3, 0.4) is 0 Å². The van der Waals surface area contributed by atoms with Gasteiger partial charge in [-0.2, -0.15) is 0 Å². The summed E-state index contributed by atoms with van der Waals surface area (Å²) >= 11 is 0. The fraction of sp³-hybridized carbons (Fsp3) is 0.531. The van der Waals surface area contributed by atoms with Crippen LogP contribution in [0.4, 0.5) is 17.1 Å². The topological polar surface area (TPSA) is 111 Å². The van der Waals surface area contributed by atoms with Crippen LogP contribution in [0, 0.1) is 11.8 Å². The summed E-state index contributed by atoms with van der Waals surface area (Å²) in [7, 11) is 0. The van der Waals surface area contributed by atoms with Crippen LogP contribution in [0.2, 0.25) is 0 Å². The molecule has 9 nitrogen and oxygen atoms in total. The van der Waals surface area contributed by atoms with Crippen molar-refractivity contribution >= 4 is 34.8 Å². The molecule has 0 radical (unpaired) electrons. The molecule has 2 bridgehead atoms. The summed E-state index contributed by atoms with van der Waals surface area (Å²) in [6.07, 6.45) is 3.12. The van der Waals surface area contributed by atoms with E-state index in [0.717, 1.165) is 25.2 Å². The highest BCUT2D eigenvalue weighted by Crippen LogP contribution is 2.63. The van der Waals surface area contributed by atoms with Crippen LogP contribution in [-0.2, 0) is 19.1 Å². The Hall–Kier alpha value is -3.43. The van der Waals surface area contributed by atoms with E-state index < -0.39 is 29.1 Å². The first-order valence-electron chi connectivity index (χ1n) is 14.9. The minimum atomic E-state index is -1.08. The monoisotopic (exact) mass is 562 g/mol. The number of carbonyl (C=O) groups excluding carboxylic acids is 3. The standard InChI is InChI=1S/C32H42N4O5/c1-4-35(5-2)24-16-14-23(15-17-24)34-29(39)27-32-19-18-31(3,41-32)25(28(38)33-22-12-8-6-9-13-22)26(32)30(40)36(27)20-10-7-11-21-37/h6,8-9,12-17,25-27,37H,4-5,7,10-11,18-21H2,1-3H3,(H,33,38)(H,34,39)/t25-,26+,27?,31+,32?/m1/s1. The lowest BCUT2D eigenvalue weighted by atomic mass is 9.66. The van der Waals surface area contributed by atoms with Crippen molar-refractivity contribution in [2.45, 2.75) is 70.1 Å². The Bertz CT molecular complexity index is 1250. The number of hydrogen-bond donors (Lipinski definition) is 3. The molecule has 2 aromatic rings. The third kappa shape index (κ3) is 5.21. The molecule has 3 aliphatic heterocycles. The van der Waals surface area contributed by atoms with Crippen molar-refractivity contribution in [1.82, 2.24) is 4.90 Å². The molecule has 3 amide bonds. The molecule has 3 saturated heterocycles. The number of nitrogens with zero attached hydrogens (tertiary/aromatic N) is 2. The van der Waals surface area contributed by atoms with E-state index in [-0.39, 0.29) is 24.3 Å². The van der Waals surface area contributed by atoms with Crippen LogP contribution in [-0.4, -0.2) is 71.2 Å². The Balaban J connectivity index is 1.43. The molecule has 3 aliphatic rings. The van der Waals surface area contributed by atoms with Crippen molar-refractivity contribution in [2.75, 3.05) is 41.8 Å². The number of nitrogens with one attached hydrogen (secondary N) is 2. The number of hydrogen-bond acceptors (Lipinski definition) is 6. The number of amides is 3. The Morgan fingerprint density at radius 3 is 2.27 bits per heavy atom. The second kappa shape index (κ2) is 11.8. The summed E-state index contributed by atoms with van der Waals surface area (Å²) in [6.45, 7) is 8.32. The number of likely N-dealkylation sites (tertiary alicyclic amines) is 1. The Labute approximate surface area is 242 Å². The number of aliphatic hydroxyl groups is 1. The van der Waals surface area contributed by atoms with Crippen LogP contribution in [0.1, 0.15) is 52.9 Å². The number of aliphatic hydroxyl groups excluding tert-OH is 1. The molecular weight excluding hydrogens is 520 g/mol. The SMILES string of the molecule is CCN(CC)c1ccc(NC(=O)C2N(CCCCCO)C(=O)[C@@H]3[C@H](C(=O)Nc4ccccc4)[C@]4(C)CCC23O4)cc1. The van der Waals surface area contributed by atoms with Crippen molar-refractivity contribution in [1.29, 1.82) is 0 Å². The second-order valence-corrected chi connectivity index (χ2v) is 11.6. The third-order valence-electron chi connectivity index (χ3n) is 9.17. The maximum Gasteiger partial charge on any atom is 0.250 e. The van der Waals surface area contributed by atoms with E-state index in [1.165, 1.54) is 0 Å². The van der Waals surface area contributed by atoms with Gasteiger partial charge < -0.3 is 30.3 Å². The predicted octanol–water partition coefficient (Wildman–Crippen LogP) is 4.04. The lowest BCUT2D eigenvalue weighted by Gasteiger charge is -2.33. The molecule has 0 aromatic heterocycles. The molecule has 0 aliphatic carbocycles. The second-order valence-electron chi connectivity index (χ2n) is 11.6. The van der Waals surface area contributed by atoms with Gasteiger partial charge in [-0.25, -0.2) is 0 Å².